The zero-order valence-electron chi connectivity index (χ0n) is 19.8. The molecule has 0 spiro atoms. The molecule has 0 radical (unpaired) electrons. The van der Waals surface area contributed by atoms with Crippen LogP contribution >= 0.6 is 11.6 Å². The highest BCUT2D eigenvalue weighted by Crippen LogP contribution is 2.24. The summed E-state index contributed by atoms with van der Waals surface area (Å²) in [4.78, 5) is 15.4. The summed E-state index contributed by atoms with van der Waals surface area (Å²) in [7, 11) is 0. The molecule has 3 aromatic carbocycles. The van der Waals surface area contributed by atoms with Gasteiger partial charge in [-0.15, -0.1) is 5.10 Å². The van der Waals surface area contributed by atoms with Gasteiger partial charge in [0.05, 0.1) is 5.69 Å². The maximum Gasteiger partial charge on any atom is 0.261 e. The van der Waals surface area contributed by atoms with E-state index in [0.29, 0.717) is 22.0 Å². The van der Waals surface area contributed by atoms with Gasteiger partial charge in [0.25, 0.3) is 5.91 Å². The van der Waals surface area contributed by atoms with Gasteiger partial charge in [-0.3, -0.25) is 10.2 Å². The van der Waals surface area contributed by atoms with Gasteiger partial charge < -0.3 is 19.7 Å². The highest BCUT2D eigenvalue weighted by molar-refractivity contribution is 6.30. The Labute approximate surface area is 208 Å². The number of carbonyl (C=O) groups is 1. The normalized spacial score (nSPS) is 11.5. The van der Waals surface area contributed by atoms with Crippen LogP contribution in [0.25, 0.3) is 11.0 Å². The van der Waals surface area contributed by atoms with E-state index in [9.17, 15) is 9.90 Å². The van der Waals surface area contributed by atoms with Crippen LogP contribution in [-0.4, -0.2) is 24.1 Å². The Morgan fingerprint density at radius 2 is 1.71 bits per heavy atom. The molecule has 180 valence electrons. The predicted octanol–water partition coefficient (Wildman–Crippen LogP) is 6.13. The van der Waals surface area contributed by atoms with Crippen LogP contribution in [0.2, 0.25) is 5.02 Å². The summed E-state index contributed by atoms with van der Waals surface area (Å²) in [5.41, 5.74) is 6.80. The Bertz CT molecular complexity index is 1430. The molecular weight excluding hydrogens is 464 g/mol. The number of hydrogen-bond acceptors (Lipinski definition) is 6. The van der Waals surface area contributed by atoms with E-state index in [4.69, 9.17) is 16.0 Å². The Hall–Kier alpha value is -3.97. The molecule has 7 nitrogen and oxygen atoms in total. The Kier molecular flexibility index (Phi) is 7.27. The van der Waals surface area contributed by atoms with Crippen molar-refractivity contribution in [3.05, 3.63) is 88.4 Å². The lowest BCUT2D eigenvalue weighted by molar-refractivity contribution is 0.102. The SMILES string of the molecule is CCN(CC)c1ccc2cc(C(=O)Nc3ccc(C)c(O)c3)/c(=N\Nc3ccc(Cl)cc3)oc2c1. The number of phenols is 1. The van der Waals surface area contributed by atoms with E-state index in [1.165, 1.54) is 6.07 Å². The van der Waals surface area contributed by atoms with Crippen molar-refractivity contribution in [1.29, 1.82) is 0 Å². The van der Waals surface area contributed by atoms with Crippen LogP contribution in [-0.2, 0) is 0 Å². The minimum absolute atomic E-state index is 0.101. The Morgan fingerprint density at radius 1 is 1.00 bits per heavy atom. The van der Waals surface area contributed by atoms with Gasteiger partial charge in [0.2, 0.25) is 5.55 Å². The molecule has 0 atom stereocenters. The van der Waals surface area contributed by atoms with Gasteiger partial charge >= 0.3 is 0 Å². The first-order chi connectivity index (χ1) is 16.9. The monoisotopic (exact) mass is 490 g/mol. The van der Waals surface area contributed by atoms with Crippen LogP contribution in [0.3, 0.4) is 0 Å². The lowest BCUT2D eigenvalue weighted by atomic mass is 10.1. The van der Waals surface area contributed by atoms with Gasteiger partial charge in [-0.1, -0.05) is 17.7 Å². The predicted molar refractivity (Wildman–Crippen MR) is 141 cm³/mol. The van der Waals surface area contributed by atoms with Gasteiger partial charge in [-0.25, -0.2) is 0 Å². The van der Waals surface area contributed by atoms with Gasteiger partial charge in [0, 0.05) is 47.0 Å². The highest BCUT2D eigenvalue weighted by Gasteiger charge is 2.15. The average molecular weight is 491 g/mol. The van der Waals surface area contributed by atoms with E-state index >= 15 is 0 Å². The standard InChI is InChI=1S/C27H27ClN4O3/c1-4-32(5-2)22-13-7-18-14-23(26(34)29-21-10-6-17(3)24(33)15-21)27(35-25(18)16-22)31-30-20-11-8-19(28)9-12-20/h6-16,30,33H,4-5H2,1-3H3,(H,29,34)/b31-27+. The maximum atomic E-state index is 13.2. The first kappa shape index (κ1) is 24.2. The summed E-state index contributed by atoms with van der Waals surface area (Å²) in [5.74, 6) is -0.312. The molecule has 4 rings (SSSR count). The van der Waals surface area contributed by atoms with Crippen LogP contribution < -0.4 is 21.2 Å². The van der Waals surface area contributed by atoms with Crippen molar-refractivity contribution in [2.45, 2.75) is 20.8 Å². The number of fused-ring (bicyclic) bond motifs is 1. The van der Waals surface area contributed by atoms with Gasteiger partial charge in [0.1, 0.15) is 16.9 Å². The number of anilines is 3. The second-order valence-corrected chi connectivity index (χ2v) is 8.48. The van der Waals surface area contributed by atoms with Crippen molar-refractivity contribution in [2.24, 2.45) is 5.10 Å². The van der Waals surface area contributed by atoms with Crippen LogP contribution in [0.15, 0.2) is 76.2 Å². The molecule has 1 heterocycles. The Morgan fingerprint density at radius 3 is 2.40 bits per heavy atom. The molecule has 4 aromatic rings. The number of aryl methyl sites for hydroxylation is 1. The summed E-state index contributed by atoms with van der Waals surface area (Å²) in [6.45, 7) is 7.70. The number of carbonyl (C=O) groups excluding carboxylic acids is 1. The molecule has 0 saturated heterocycles. The van der Waals surface area contributed by atoms with Gasteiger partial charge in [-0.2, -0.15) is 0 Å². The van der Waals surface area contributed by atoms with E-state index in [1.807, 2.05) is 18.2 Å². The minimum Gasteiger partial charge on any atom is -0.508 e. The van der Waals surface area contributed by atoms with Gasteiger partial charge in [0.15, 0.2) is 0 Å². The molecule has 0 aliphatic carbocycles. The second kappa shape index (κ2) is 10.5. The topological polar surface area (TPSA) is 90.1 Å². The number of benzene rings is 3. The number of nitrogens with zero attached hydrogens (tertiary/aromatic N) is 2. The molecule has 1 amide bonds. The second-order valence-electron chi connectivity index (χ2n) is 8.05. The quantitative estimate of drug-likeness (QED) is 0.271. The van der Waals surface area contributed by atoms with E-state index in [1.54, 1.807) is 49.4 Å². The maximum absolute atomic E-state index is 13.2. The lowest BCUT2D eigenvalue weighted by Crippen LogP contribution is -2.23. The largest absolute Gasteiger partial charge is 0.508 e. The molecule has 35 heavy (non-hydrogen) atoms. The van der Waals surface area contributed by atoms with Crippen molar-refractivity contribution in [3.63, 3.8) is 0 Å². The minimum atomic E-state index is -0.414. The van der Waals surface area contributed by atoms with Crippen molar-refractivity contribution >= 4 is 45.5 Å². The Balaban J connectivity index is 1.78. The zero-order chi connectivity index (χ0) is 24.9. The lowest BCUT2D eigenvalue weighted by Gasteiger charge is -2.21. The smallest absolute Gasteiger partial charge is 0.261 e. The third kappa shape index (κ3) is 5.58. The van der Waals surface area contributed by atoms with E-state index in [0.717, 1.165) is 29.7 Å². The van der Waals surface area contributed by atoms with Crippen LogP contribution in [0.5, 0.6) is 5.75 Å². The van der Waals surface area contributed by atoms with Crippen molar-refractivity contribution < 1.29 is 14.3 Å². The van der Waals surface area contributed by atoms with Crippen LogP contribution in [0.4, 0.5) is 17.1 Å². The molecule has 0 bridgehead atoms. The summed E-state index contributed by atoms with van der Waals surface area (Å²) in [5, 5.41) is 18.6. The fourth-order valence-corrected chi connectivity index (χ4v) is 3.79. The summed E-state index contributed by atoms with van der Waals surface area (Å²) in [6.07, 6.45) is 0. The number of nitrogens with one attached hydrogen (secondary N) is 2. The fraction of sp³-hybridized carbons (Fsp3) is 0.185. The summed E-state index contributed by atoms with van der Waals surface area (Å²) < 4.78 is 6.13. The highest BCUT2D eigenvalue weighted by atomic mass is 35.5. The third-order valence-electron chi connectivity index (χ3n) is 5.71. The molecule has 0 unspecified atom stereocenters. The van der Waals surface area contributed by atoms with E-state index in [-0.39, 0.29) is 16.9 Å². The first-order valence-electron chi connectivity index (χ1n) is 11.4. The molecular formula is C27H27ClN4O3. The number of halogens is 1. The average Bonchev–Trinajstić information content (AvgIpc) is 2.86. The number of rotatable bonds is 7. The zero-order valence-corrected chi connectivity index (χ0v) is 20.6. The van der Waals surface area contributed by atoms with Gasteiger partial charge in [-0.05, 0) is 74.9 Å². The number of amides is 1. The molecule has 3 N–H and O–H groups in total. The summed E-state index contributed by atoms with van der Waals surface area (Å²) in [6, 6.07) is 19.6. The molecule has 0 fully saturated rings. The molecule has 0 aliphatic rings. The number of phenolic OH excluding ortho intramolecular Hbond substituents is 1. The molecule has 0 saturated carbocycles. The number of hydrogen-bond donors (Lipinski definition) is 3. The van der Waals surface area contributed by atoms with Crippen molar-refractivity contribution in [1.82, 2.24) is 0 Å². The molecule has 1 aromatic heterocycles. The summed E-state index contributed by atoms with van der Waals surface area (Å²) >= 11 is 5.97. The van der Waals surface area contributed by atoms with Crippen LogP contribution in [0.1, 0.15) is 29.8 Å². The fourth-order valence-electron chi connectivity index (χ4n) is 3.66. The van der Waals surface area contributed by atoms with E-state index in [2.05, 4.69) is 34.6 Å². The number of aromatic hydroxyl groups is 1. The molecule has 8 heteroatoms. The third-order valence-corrected chi connectivity index (χ3v) is 5.96. The van der Waals surface area contributed by atoms with Crippen molar-refractivity contribution in [3.8, 4) is 5.75 Å². The first-order valence-corrected chi connectivity index (χ1v) is 11.7. The van der Waals surface area contributed by atoms with Crippen molar-refractivity contribution in [2.75, 3.05) is 28.7 Å². The molecule has 0 aliphatic heterocycles. The van der Waals surface area contributed by atoms with E-state index < -0.39 is 5.91 Å². The van der Waals surface area contributed by atoms with Crippen LogP contribution in [0, 0.1) is 6.92 Å².